The van der Waals surface area contributed by atoms with Gasteiger partial charge in [0.15, 0.2) is 0 Å². The number of rotatable bonds is 0. The molecular weight excluding hydrogens is 366 g/mol. The molecule has 1 unspecified atom stereocenters. The molecule has 3 rings (SSSR count). The molecule has 1 saturated heterocycles. The molecule has 1 atom stereocenters. The highest BCUT2D eigenvalue weighted by molar-refractivity contribution is 5.74. The summed E-state index contributed by atoms with van der Waals surface area (Å²) >= 11 is 0. The molecule has 0 aromatic heterocycles. The summed E-state index contributed by atoms with van der Waals surface area (Å²) in [4.78, 5) is 13.2. The maximum atomic E-state index is 11.2. The van der Waals surface area contributed by atoms with Crippen molar-refractivity contribution in [1.29, 1.82) is 0 Å². The molecule has 30 heavy (non-hydrogen) atoms. The molecule has 2 heteroatoms. The first kappa shape index (κ1) is 27.5. The number of nitrogens with zero attached hydrogens (tertiary/aromatic N) is 1. The van der Waals surface area contributed by atoms with Gasteiger partial charge in [-0.15, -0.1) is 0 Å². The molecule has 1 heterocycles. The van der Waals surface area contributed by atoms with Crippen LogP contribution in [0.4, 0.5) is 0 Å². The minimum Gasteiger partial charge on any atom is -0.339 e. The van der Waals surface area contributed by atoms with Gasteiger partial charge in [0.1, 0.15) is 0 Å². The molecule has 3 aliphatic rings. The summed E-state index contributed by atoms with van der Waals surface area (Å²) in [6.45, 7) is 23.4. The average molecular weight is 422 g/mol. The Labute approximate surface area is 190 Å². The van der Waals surface area contributed by atoms with Crippen molar-refractivity contribution in [2.24, 2.45) is 28.1 Å². The first-order valence-corrected chi connectivity index (χ1v) is 12.9. The van der Waals surface area contributed by atoms with Gasteiger partial charge in [0.25, 0.3) is 0 Å². The molecule has 0 spiro atoms. The molecule has 1 amide bonds. The summed E-state index contributed by atoms with van der Waals surface area (Å²) in [6.07, 6.45) is 14.1. The van der Waals surface area contributed by atoms with Crippen molar-refractivity contribution in [2.75, 3.05) is 6.54 Å². The van der Waals surface area contributed by atoms with E-state index in [4.69, 9.17) is 0 Å². The minimum absolute atomic E-state index is 0.229. The van der Waals surface area contributed by atoms with Crippen LogP contribution in [0, 0.1) is 28.1 Å². The summed E-state index contributed by atoms with van der Waals surface area (Å²) in [5.41, 5.74) is 1.40. The van der Waals surface area contributed by atoms with Gasteiger partial charge in [-0.3, -0.25) is 4.79 Å². The predicted molar refractivity (Wildman–Crippen MR) is 133 cm³/mol. The Morgan fingerprint density at radius 1 is 0.600 bits per heavy atom. The van der Waals surface area contributed by atoms with E-state index < -0.39 is 0 Å². The topological polar surface area (TPSA) is 20.3 Å². The van der Waals surface area contributed by atoms with Crippen LogP contribution in [0.1, 0.15) is 133 Å². The Morgan fingerprint density at radius 3 is 1.27 bits per heavy atom. The van der Waals surface area contributed by atoms with Gasteiger partial charge in [0.05, 0.1) is 0 Å². The number of amides is 1. The molecule has 0 radical (unpaired) electrons. The minimum atomic E-state index is 0.229. The van der Waals surface area contributed by atoms with E-state index in [1.165, 1.54) is 64.2 Å². The fraction of sp³-hybridized carbons (Fsp3) is 0.964. The smallest absolute Gasteiger partial charge is 0.219 e. The second-order valence-corrected chi connectivity index (χ2v) is 13.4. The van der Waals surface area contributed by atoms with E-state index in [9.17, 15) is 4.79 Å². The fourth-order valence-corrected chi connectivity index (χ4v) is 5.29. The lowest BCUT2D eigenvalue weighted by Gasteiger charge is -2.37. The zero-order valence-corrected chi connectivity index (χ0v) is 22.4. The average Bonchev–Trinajstić information content (AvgIpc) is 3.03. The molecule has 2 nitrogen and oxygen atoms in total. The molecule has 0 aromatic carbocycles. The summed E-state index contributed by atoms with van der Waals surface area (Å²) in [5.74, 6) is 2.26. The third-order valence-electron chi connectivity index (χ3n) is 7.82. The van der Waals surface area contributed by atoms with Crippen molar-refractivity contribution in [1.82, 2.24) is 4.90 Å². The van der Waals surface area contributed by atoms with Crippen LogP contribution in [-0.4, -0.2) is 23.4 Å². The van der Waals surface area contributed by atoms with Crippen LogP contribution in [0.5, 0.6) is 0 Å². The van der Waals surface area contributed by atoms with Crippen molar-refractivity contribution < 1.29 is 4.79 Å². The Hall–Kier alpha value is -0.530. The van der Waals surface area contributed by atoms with E-state index in [1.54, 1.807) is 6.92 Å². The normalized spacial score (nSPS) is 23.7. The van der Waals surface area contributed by atoms with E-state index in [0.717, 1.165) is 18.4 Å². The van der Waals surface area contributed by atoms with Gasteiger partial charge in [-0.2, -0.15) is 0 Å². The monoisotopic (exact) mass is 421 g/mol. The molecule has 0 aromatic rings. The van der Waals surface area contributed by atoms with Crippen LogP contribution >= 0.6 is 0 Å². The van der Waals surface area contributed by atoms with Crippen molar-refractivity contribution in [3.05, 3.63) is 0 Å². The number of carbonyl (C=O) groups is 1. The lowest BCUT2D eigenvalue weighted by molar-refractivity contribution is -0.131. The van der Waals surface area contributed by atoms with Gasteiger partial charge in [0, 0.05) is 19.5 Å². The summed E-state index contributed by atoms with van der Waals surface area (Å²) < 4.78 is 0. The van der Waals surface area contributed by atoms with E-state index in [0.29, 0.717) is 16.9 Å². The first-order chi connectivity index (χ1) is 13.6. The van der Waals surface area contributed by atoms with E-state index >= 15 is 0 Å². The van der Waals surface area contributed by atoms with Crippen LogP contribution in [0.3, 0.4) is 0 Å². The number of carbonyl (C=O) groups excluding carboxylic acids is 1. The van der Waals surface area contributed by atoms with Gasteiger partial charge in [-0.1, -0.05) is 88.0 Å². The Kier molecular flexibility index (Phi) is 10.4. The summed E-state index contributed by atoms with van der Waals surface area (Å²) in [5, 5.41) is 0. The standard InChI is InChI=1S/C10H19NO.C10H20.C8H16/c1-8(12)11-7-5-6-9(11)10(2,3)4;1-10(2,3)9-7-5-4-6-8-9;1-8(2,3)7-5-4-6-7/h9H,5-7H2,1-4H3;9H,4-8H2,1-3H3;7H,4-6H2,1-3H3. The third kappa shape index (κ3) is 9.31. The lowest BCUT2D eigenvalue weighted by Crippen LogP contribution is -2.41. The lowest BCUT2D eigenvalue weighted by atomic mass is 9.69. The molecule has 1 aliphatic heterocycles. The molecule has 0 N–H and O–H groups in total. The van der Waals surface area contributed by atoms with Crippen LogP contribution in [0.2, 0.25) is 0 Å². The Bertz CT molecular complexity index is 492. The second kappa shape index (κ2) is 11.4. The van der Waals surface area contributed by atoms with Gasteiger partial charge < -0.3 is 4.90 Å². The largest absolute Gasteiger partial charge is 0.339 e. The zero-order chi connectivity index (χ0) is 23.2. The van der Waals surface area contributed by atoms with E-state index in [2.05, 4.69) is 62.3 Å². The van der Waals surface area contributed by atoms with Gasteiger partial charge >= 0.3 is 0 Å². The van der Waals surface area contributed by atoms with Crippen LogP contribution in [-0.2, 0) is 4.79 Å². The van der Waals surface area contributed by atoms with Crippen LogP contribution < -0.4 is 0 Å². The highest BCUT2D eigenvalue weighted by Gasteiger charge is 2.35. The van der Waals surface area contributed by atoms with Crippen LogP contribution in [0.15, 0.2) is 0 Å². The van der Waals surface area contributed by atoms with Crippen LogP contribution in [0.25, 0.3) is 0 Å². The van der Waals surface area contributed by atoms with E-state index in [1.807, 2.05) is 4.90 Å². The number of hydrogen-bond acceptors (Lipinski definition) is 1. The number of likely N-dealkylation sites (tertiary alicyclic amines) is 1. The highest BCUT2D eigenvalue weighted by atomic mass is 16.2. The number of hydrogen-bond donors (Lipinski definition) is 0. The van der Waals surface area contributed by atoms with Crippen molar-refractivity contribution >= 4 is 5.91 Å². The summed E-state index contributed by atoms with van der Waals surface area (Å²) in [6, 6.07) is 0.454. The van der Waals surface area contributed by atoms with Gasteiger partial charge in [-0.05, 0) is 66.6 Å². The molecule has 0 bridgehead atoms. The highest BCUT2D eigenvalue weighted by Crippen LogP contribution is 2.41. The molecular formula is C28H55NO. The molecule has 2 saturated carbocycles. The molecule has 3 fully saturated rings. The quantitative estimate of drug-likeness (QED) is 0.384. The van der Waals surface area contributed by atoms with Crippen molar-refractivity contribution in [3.63, 3.8) is 0 Å². The van der Waals surface area contributed by atoms with E-state index in [-0.39, 0.29) is 11.3 Å². The maximum Gasteiger partial charge on any atom is 0.219 e. The third-order valence-corrected chi connectivity index (χ3v) is 7.82. The second-order valence-electron chi connectivity index (χ2n) is 13.4. The SMILES string of the molecule is CC(=O)N1CCCC1C(C)(C)C.CC(C)(C)C1CCC1.CC(C)(C)C1CCCCC1. The van der Waals surface area contributed by atoms with Gasteiger partial charge in [-0.25, -0.2) is 0 Å². The Morgan fingerprint density at radius 2 is 1.03 bits per heavy atom. The Balaban J connectivity index is 0.000000230. The molecule has 2 aliphatic carbocycles. The van der Waals surface area contributed by atoms with Gasteiger partial charge in [0.2, 0.25) is 5.91 Å². The maximum absolute atomic E-state index is 11.2. The summed E-state index contributed by atoms with van der Waals surface area (Å²) in [7, 11) is 0. The van der Waals surface area contributed by atoms with Crippen molar-refractivity contribution in [2.45, 2.75) is 139 Å². The first-order valence-electron chi connectivity index (χ1n) is 12.9. The fourth-order valence-electron chi connectivity index (χ4n) is 5.29. The van der Waals surface area contributed by atoms with Crippen molar-refractivity contribution in [3.8, 4) is 0 Å². The molecule has 178 valence electrons. The zero-order valence-electron chi connectivity index (χ0n) is 22.4. The predicted octanol–water partition coefficient (Wildman–Crippen LogP) is 8.49.